The van der Waals surface area contributed by atoms with Gasteiger partial charge in [-0.25, -0.2) is 0 Å². The summed E-state index contributed by atoms with van der Waals surface area (Å²) < 4.78 is 2.05. The van der Waals surface area contributed by atoms with Gasteiger partial charge in [0, 0.05) is 28.6 Å². The van der Waals surface area contributed by atoms with Crippen molar-refractivity contribution in [2.75, 3.05) is 0 Å². The number of benzene rings is 3. The zero-order valence-corrected chi connectivity index (χ0v) is 12.6. The van der Waals surface area contributed by atoms with Gasteiger partial charge in [-0.2, -0.15) is 0 Å². The van der Waals surface area contributed by atoms with Crippen molar-refractivity contribution in [2.24, 2.45) is 0 Å². The molecule has 0 bridgehead atoms. The average molecular weight is 308 g/mol. The van der Waals surface area contributed by atoms with Gasteiger partial charge in [-0.3, -0.25) is 10.1 Å². The molecule has 1 heterocycles. The molecule has 0 atom stereocenters. The number of nitrogens with zero attached hydrogens (tertiary/aromatic N) is 2. The van der Waals surface area contributed by atoms with Crippen LogP contribution >= 0.6 is 0 Å². The summed E-state index contributed by atoms with van der Waals surface area (Å²) in [7, 11) is 11.9. The molecule has 4 radical (unpaired) electrons. The summed E-state index contributed by atoms with van der Waals surface area (Å²) in [6, 6.07) is 17.9. The van der Waals surface area contributed by atoms with E-state index in [9.17, 15) is 10.1 Å². The fourth-order valence-corrected chi connectivity index (χ4v) is 3.06. The Morgan fingerprint density at radius 2 is 1.29 bits per heavy atom. The summed E-state index contributed by atoms with van der Waals surface area (Å²) in [6.07, 6.45) is 0. The summed E-state index contributed by atoms with van der Waals surface area (Å²) in [5.74, 6) is 0. The number of non-ortho nitro benzene ring substituents is 1. The molecule has 0 spiro atoms. The maximum Gasteiger partial charge on any atom is 0.269 e. The molecule has 4 nitrogen and oxygen atoms in total. The van der Waals surface area contributed by atoms with E-state index in [0.29, 0.717) is 10.9 Å². The van der Waals surface area contributed by atoms with E-state index in [1.54, 1.807) is 12.1 Å². The van der Waals surface area contributed by atoms with Crippen LogP contribution in [0.2, 0.25) is 0 Å². The van der Waals surface area contributed by atoms with Gasteiger partial charge in [0.1, 0.15) is 15.7 Å². The average Bonchev–Trinajstić information content (AvgIpc) is 2.88. The highest BCUT2D eigenvalue weighted by molar-refractivity contribution is 6.35. The van der Waals surface area contributed by atoms with E-state index in [2.05, 4.69) is 0 Å². The van der Waals surface area contributed by atoms with Crippen LogP contribution in [0.4, 0.5) is 5.69 Å². The van der Waals surface area contributed by atoms with Crippen molar-refractivity contribution in [2.45, 2.75) is 0 Å². The van der Waals surface area contributed by atoms with E-state index in [-0.39, 0.29) is 5.69 Å². The van der Waals surface area contributed by atoms with Crippen molar-refractivity contribution in [3.05, 3.63) is 70.8 Å². The molecule has 0 saturated heterocycles. The van der Waals surface area contributed by atoms with Crippen LogP contribution in [0.1, 0.15) is 0 Å². The summed E-state index contributed by atoms with van der Waals surface area (Å²) in [4.78, 5) is 10.5. The second-order valence-electron chi connectivity index (χ2n) is 5.66. The Balaban J connectivity index is 2.07. The Bertz CT molecular complexity index is 1040. The molecular weight excluding hydrogens is 298 g/mol. The predicted molar refractivity (Wildman–Crippen MR) is 98.2 cm³/mol. The maximum absolute atomic E-state index is 10.9. The Labute approximate surface area is 140 Å². The van der Waals surface area contributed by atoms with E-state index in [1.807, 2.05) is 41.0 Å². The normalized spacial score (nSPS) is 11.2. The lowest BCUT2D eigenvalue weighted by Crippen LogP contribution is -2.00. The second kappa shape index (κ2) is 5.27. The molecule has 6 heteroatoms. The number of rotatable bonds is 2. The molecule has 0 aliphatic heterocycles. The van der Waals surface area contributed by atoms with Gasteiger partial charge in [-0.1, -0.05) is 35.2 Å². The molecule has 3 aromatic carbocycles. The largest absolute Gasteiger partial charge is 0.309 e. The standard InChI is InChI=1S/C18H10B2N2O2/c19-11-1-7-17-15(9-11)16-10-12(20)2-8-18(16)21(17)13-3-5-14(6-4-13)22(23)24/h1-10H. The smallest absolute Gasteiger partial charge is 0.269 e. The first-order valence-electron chi connectivity index (χ1n) is 7.38. The fourth-order valence-electron chi connectivity index (χ4n) is 3.06. The van der Waals surface area contributed by atoms with Crippen molar-refractivity contribution < 1.29 is 4.92 Å². The number of fused-ring (bicyclic) bond motifs is 3. The van der Waals surface area contributed by atoms with Gasteiger partial charge in [0.05, 0.1) is 16.0 Å². The van der Waals surface area contributed by atoms with Crippen molar-refractivity contribution in [3.8, 4) is 5.69 Å². The Kier molecular flexibility index (Phi) is 3.20. The first kappa shape index (κ1) is 14.6. The third-order valence-electron chi connectivity index (χ3n) is 4.13. The molecule has 110 valence electrons. The Morgan fingerprint density at radius 3 is 1.75 bits per heavy atom. The number of hydrogen-bond donors (Lipinski definition) is 0. The minimum absolute atomic E-state index is 0.0630. The van der Waals surface area contributed by atoms with E-state index in [1.165, 1.54) is 12.1 Å². The van der Waals surface area contributed by atoms with Crippen molar-refractivity contribution in [3.63, 3.8) is 0 Å². The molecule has 4 rings (SSSR count). The van der Waals surface area contributed by atoms with Gasteiger partial charge in [0.15, 0.2) is 0 Å². The monoisotopic (exact) mass is 308 g/mol. The molecule has 0 fully saturated rings. The molecule has 24 heavy (non-hydrogen) atoms. The lowest BCUT2D eigenvalue weighted by Gasteiger charge is -2.07. The maximum atomic E-state index is 10.9. The summed E-state index contributed by atoms with van der Waals surface area (Å²) >= 11 is 0. The zero-order valence-electron chi connectivity index (χ0n) is 12.6. The molecule has 4 aromatic rings. The topological polar surface area (TPSA) is 48.1 Å². The zero-order chi connectivity index (χ0) is 16.8. The van der Waals surface area contributed by atoms with Gasteiger partial charge < -0.3 is 4.57 Å². The second-order valence-corrected chi connectivity index (χ2v) is 5.66. The van der Waals surface area contributed by atoms with Crippen molar-refractivity contribution >= 4 is 54.1 Å². The van der Waals surface area contributed by atoms with Gasteiger partial charge >= 0.3 is 0 Å². The molecule has 0 unspecified atom stereocenters. The molecular formula is C18H10B2N2O2. The lowest BCUT2D eigenvalue weighted by molar-refractivity contribution is -0.384. The van der Waals surface area contributed by atoms with Crippen LogP contribution in [0.3, 0.4) is 0 Å². The van der Waals surface area contributed by atoms with Gasteiger partial charge in [0.2, 0.25) is 0 Å². The minimum atomic E-state index is -0.406. The molecule has 0 aliphatic carbocycles. The van der Waals surface area contributed by atoms with Crippen LogP contribution < -0.4 is 10.9 Å². The third kappa shape index (κ3) is 2.19. The lowest BCUT2D eigenvalue weighted by atomic mass is 9.92. The van der Waals surface area contributed by atoms with E-state index in [0.717, 1.165) is 27.5 Å². The fraction of sp³-hybridized carbons (Fsp3) is 0. The van der Waals surface area contributed by atoms with Crippen LogP contribution in [-0.4, -0.2) is 25.2 Å². The quantitative estimate of drug-likeness (QED) is 0.324. The van der Waals surface area contributed by atoms with Crippen LogP contribution in [0.15, 0.2) is 60.7 Å². The highest BCUT2D eigenvalue weighted by Crippen LogP contribution is 2.31. The van der Waals surface area contributed by atoms with E-state index < -0.39 is 4.92 Å². The number of hydrogen-bond acceptors (Lipinski definition) is 2. The summed E-state index contributed by atoms with van der Waals surface area (Å²) in [5, 5.41) is 12.9. The molecule has 1 aromatic heterocycles. The van der Waals surface area contributed by atoms with E-state index in [4.69, 9.17) is 15.7 Å². The Hall–Kier alpha value is -3.01. The van der Waals surface area contributed by atoms with Crippen molar-refractivity contribution in [1.82, 2.24) is 4.57 Å². The molecule has 0 saturated carbocycles. The highest BCUT2D eigenvalue weighted by atomic mass is 16.6. The minimum Gasteiger partial charge on any atom is -0.309 e. The number of nitro benzene ring substituents is 1. The first-order chi connectivity index (χ1) is 11.5. The summed E-state index contributed by atoms with van der Waals surface area (Å²) in [5.41, 5.74) is 4.20. The predicted octanol–water partition coefficient (Wildman–Crippen LogP) is 2.28. The van der Waals surface area contributed by atoms with E-state index >= 15 is 0 Å². The van der Waals surface area contributed by atoms with Crippen molar-refractivity contribution in [1.29, 1.82) is 0 Å². The number of nitro groups is 1. The van der Waals surface area contributed by atoms with Gasteiger partial charge in [-0.15, -0.1) is 0 Å². The van der Waals surface area contributed by atoms with Crippen LogP contribution in [0, 0.1) is 10.1 Å². The van der Waals surface area contributed by atoms with Crippen LogP contribution in [0.5, 0.6) is 0 Å². The van der Waals surface area contributed by atoms with Crippen LogP contribution in [-0.2, 0) is 0 Å². The van der Waals surface area contributed by atoms with Gasteiger partial charge in [0.25, 0.3) is 5.69 Å². The molecule has 0 aliphatic rings. The summed E-state index contributed by atoms with van der Waals surface area (Å²) in [6.45, 7) is 0. The molecule has 0 N–H and O–H groups in total. The highest BCUT2D eigenvalue weighted by Gasteiger charge is 2.13. The number of aromatic nitrogens is 1. The Morgan fingerprint density at radius 1 is 0.792 bits per heavy atom. The SMILES string of the molecule is [B]c1ccc2c(c1)c1cc([B])ccc1n2-c1ccc([N+](=O)[O-])cc1. The van der Waals surface area contributed by atoms with Gasteiger partial charge in [-0.05, 0) is 24.3 Å². The molecule has 0 amide bonds. The third-order valence-corrected chi connectivity index (χ3v) is 4.13. The first-order valence-corrected chi connectivity index (χ1v) is 7.38. The van der Waals surface area contributed by atoms with Crippen LogP contribution in [0.25, 0.3) is 27.5 Å².